The van der Waals surface area contributed by atoms with E-state index in [1.165, 1.54) is 6.42 Å². The monoisotopic (exact) mass is 244 g/mol. The molecule has 0 unspecified atom stereocenters. The van der Waals surface area contributed by atoms with Crippen molar-refractivity contribution in [3.8, 4) is 5.88 Å². The van der Waals surface area contributed by atoms with Crippen LogP contribution in [0.1, 0.15) is 12.1 Å². The van der Waals surface area contributed by atoms with Crippen molar-refractivity contribution in [1.29, 1.82) is 0 Å². The van der Waals surface area contributed by atoms with Crippen LogP contribution in [0.4, 0.5) is 0 Å². The molecule has 16 heavy (non-hydrogen) atoms. The molecule has 1 atom stereocenters. The average Bonchev–Trinajstić information content (AvgIpc) is 2.79. The van der Waals surface area contributed by atoms with Crippen LogP contribution in [0.25, 0.3) is 0 Å². The Hall–Kier alpha value is -0.910. The van der Waals surface area contributed by atoms with Gasteiger partial charge in [-0.2, -0.15) is 0 Å². The third kappa shape index (κ3) is 3.30. The summed E-state index contributed by atoms with van der Waals surface area (Å²) < 4.78 is 5.13. The molecule has 90 valence electrons. The first-order valence-corrected chi connectivity index (χ1v) is 5.18. The molecule has 0 bridgehead atoms. The summed E-state index contributed by atoms with van der Waals surface area (Å²) in [6, 6.07) is 0.539. The molecule has 0 spiro atoms. The molecule has 0 aliphatic carbocycles. The second-order valence-electron chi connectivity index (χ2n) is 3.58. The Morgan fingerprint density at radius 1 is 1.50 bits per heavy atom. The number of aromatic nitrogens is 2. The van der Waals surface area contributed by atoms with Crippen LogP contribution in [0.3, 0.4) is 0 Å². The van der Waals surface area contributed by atoms with Crippen LogP contribution in [-0.4, -0.2) is 36.2 Å². The number of nitrogens with one attached hydrogen (secondary N) is 2. The molecule has 5 nitrogen and oxygen atoms in total. The first kappa shape index (κ1) is 13.2. The van der Waals surface area contributed by atoms with Gasteiger partial charge in [-0.05, 0) is 13.0 Å². The molecule has 2 heterocycles. The minimum atomic E-state index is 0. The normalized spacial score (nSPS) is 19.2. The smallest absolute Gasteiger partial charge is 0.236 e. The van der Waals surface area contributed by atoms with Gasteiger partial charge in [0, 0.05) is 31.5 Å². The average molecular weight is 245 g/mol. The molecule has 1 aliphatic rings. The van der Waals surface area contributed by atoms with E-state index in [4.69, 9.17) is 4.74 Å². The van der Waals surface area contributed by atoms with Crippen molar-refractivity contribution < 1.29 is 4.74 Å². The molecule has 1 fully saturated rings. The summed E-state index contributed by atoms with van der Waals surface area (Å²) in [6.45, 7) is 2.83. The van der Waals surface area contributed by atoms with Gasteiger partial charge in [0.2, 0.25) is 5.88 Å². The summed E-state index contributed by atoms with van der Waals surface area (Å²) in [5.74, 6) is 0.607. The van der Waals surface area contributed by atoms with Gasteiger partial charge in [-0.3, -0.25) is 4.98 Å². The molecule has 6 heteroatoms. The summed E-state index contributed by atoms with van der Waals surface area (Å²) in [5, 5.41) is 6.74. The Kier molecular flexibility index (Phi) is 5.45. The standard InChI is InChI=1S/C10H16N4O.ClH/c1-15-10-9(12-4-5-13-10)7-14-8-2-3-11-6-8;/h4-5,8,11,14H,2-3,6-7H2,1H3;1H/t8-;/m0./s1. The van der Waals surface area contributed by atoms with Crippen LogP contribution >= 0.6 is 12.4 Å². The Bertz CT molecular complexity index is 317. The highest BCUT2D eigenvalue weighted by atomic mass is 35.5. The minimum Gasteiger partial charge on any atom is -0.480 e. The zero-order chi connectivity index (χ0) is 10.5. The maximum Gasteiger partial charge on any atom is 0.236 e. The van der Waals surface area contributed by atoms with Crippen LogP contribution in [0.5, 0.6) is 5.88 Å². The van der Waals surface area contributed by atoms with Crippen LogP contribution in [0.2, 0.25) is 0 Å². The fourth-order valence-electron chi connectivity index (χ4n) is 1.72. The quantitative estimate of drug-likeness (QED) is 0.801. The maximum atomic E-state index is 5.13. The van der Waals surface area contributed by atoms with Crippen molar-refractivity contribution in [1.82, 2.24) is 20.6 Å². The van der Waals surface area contributed by atoms with Crippen LogP contribution < -0.4 is 15.4 Å². The number of halogens is 1. The number of nitrogens with zero attached hydrogens (tertiary/aromatic N) is 2. The van der Waals surface area contributed by atoms with E-state index in [9.17, 15) is 0 Å². The SMILES string of the molecule is COc1nccnc1CN[C@H]1CCNC1.Cl. The highest BCUT2D eigenvalue weighted by Crippen LogP contribution is 2.10. The molecule has 1 aromatic rings. The fourth-order valence-corrected chi connectivity index (χ4v) is 1.72. The Labute approximate surface area is 101 Å². The molecule has 2 rings (SSSR count). The van der Waals surface area contributed by atoms with Crippen LogP contribution in [-0.2, 0) is 6.54 Å². The van der Waals surface area contributed by atoms with Crippen molar-refractivity contribution in [2.24, 2.45) is 0 Å². The molecule has 0 aromatic carbocycles. The van der Waals surface area contributed by atoms with E-state index >= 15 is 0 Å². The van der Waals surface area contributed by atoms with Gasteiger partial charge in [-0.25, -0.2) is 4.98 Å². The molecule has 1 saturated heterocycles. The zero-order valence-electron chi connectivity index (χ0n) is 9.27. The second-order valence-corrected chi connectivity index (χ2v) is 3.58. The lowest BCUT2D eigenvalue weighted by Crippen LogP contribution is -2.30. The molecule has 2 N–H and O–H groups in total. The number of methoxy groups -OCH3 is 1. The predicted octanol–water partition coefficient (Wildman–Crippen LogP) is 0.358. The number of hydrogen-bond donors (Lipinski definition) is 2. The third-order valence-electron chi connectivity index (χ3n) is 2.55. The van der Waals surface area contributed by atoms with E-state index in [1.54, 1.807) is 19.5 Å². The lowest BCUT2D eigenvalue weighted by Gasteiger charge is -2.11. The lowest BCUT2D eigenvalue weighted by atomic mass is 10.2. The summed E-state index contributed by atoms with van der Waals surface area (Å²) in [4.78, 5) is 8.34. The van der Waals surface area contributed by atoms with E-state index in [0.717, 1.165) is 18.8 Å². The molecule has 0 radical (unpaired) electrons. The third-order valence-corrected chi connectivity index (χ3v) is 2.55. The summed E-state index contributed by atoms with van der Waals surface area (Å²) in [7, 11) is 1.62. The number of ether oxygens (including phenoxy) is 1. The van der Waals surface area contributed by atoms with Gasteiger partial charge < -0.3 is 15.4 Å². The van der Waals surface area contributed by atoms with E-state index in [-0.39, 0.29) is 12.4 Å². The largest absolute Gasteiger partial charge is 0.480 e. The predicted molar refractivity (Wildman–Crippen MR) is 63.9 cm³/mol. The van der Waals surface area contributed by atoms with Crippen molar-refractivity contribution in [2.75, 3.05) is 20.2 Å². The molecular weight excluding hydrogens is 228 g/mol. The second kappa shape index (κ2) is 6.62. The molecule has 0 amide bonds. The van der Waals surface area contributed by atoms with E-state index in [0.29, 0.717) is 18.5 Å². The minimum absolute atomic E-state index is 0. The van der Waals surface area contributed by atoms with Crippen LogP contribution in [0, 0.1) is 0 Å². The zero-order valence-corrected chi connectivity index (χ0v) is 10.1. The molecule has 1 aliphatic heterocycles. The highest BCUT2D eigenvalue weighted by Gasteiger charge is 2.14. The van der Waals surface area contributed by atoms with E-state index in [2.05, 4.69) is 20.6 Å². The fraction of sp³-hybridized carbons (Fsp3) is 0.600. The summed E-state index contributed by atoms with van der Waals surface area (Å²) in [5.41, 5.74) is 0.868. The van der Waals surface area contributed by atoms with E-state index in [1.807, 2.05) is 0 Å². The topological polar surface area (TPSA) is 59.1 Å². The highest BCUT2D eigenvalue weighted by molar-refractivity contribution is 5.85. The van der Waals surface area contributed by atoms with Gasteiger partial charge in [0.25, 0.3) is 0 Å². The first-order chi connectivity index (χ1) is 7.40. The van der Waals surface area contributed by atoms with Crippen molar-refractivity contribution in [3.05, 3.63) is 18.1 Å². The summed E-state index contributed by atoms with van der Waals surface area (Å²) >= 11 is 0. The molecular formula is C10H17ClN4O. The van der Waals surface area contributed by atoms with Gasteiger partial charge in [-0.15, -0.1) is 12.4 Å². The number of hydrogen-bond acceptors (Lipinski definition) is 5. The molecule has 1 aromatic heterocycles. The Morgan fingerprint density at radius 3 is 3.00 bits per heavy atom. The lowest BCUT2D eigenvalue weighted by molar-refractivity contribution is 0.385. The first-order valence-electron chi connectivity index (χ1n) is 5.18. The van der Waals surface area contributed by atoms with Gasteiger partial charge in [0.05, 0.1) is 7.11 Å². The number of rotatable bonds is 4. The maximum absolute atomic E-state index is 5.13. The summed E-state index contributed by atoms with van der Waals surface area (Å²) in [6.07, 6.45) is 4.49. The van der Waals surface area contributed by atoms with Gasteiger partial charge in [0.15, 0.2) is 0 Å². The van der Waals surface area contributed by atoms with E-state index < -0.39 is 0 Å². The van der Waals surface area contributed by atoms with Gasteiger partial charge in [-0.1, -0.05) is 0 Å². The Morgan fingerprint density at radius 2 is 2.31 bits per heavy atom. The molecule has 0 saturated carbocycles. The van der Waals surface area contributed by atoms with Crippen molar-refractivity contribution in [2.45, 2.75) is 19.0 Å². The van der Waals surface area contributed by atoms with Crippen LogP contribution in [0.15, 0.2) is 12.4 Å². The van der Waals surface area contributed by atoms with Gasteiger partial charge in [0.1, 0.15) is 5.69 Å². The van der Waals surface area contributed by atoms with Gasteiger partial charge >= 0.3 is 0 Å². The van der Waals surface area contributed by atoms with Crippen molar-refractivity contribution >= 4 is 12.4 Å². The Balaban J connectivity index is 0.00000128. The van der Waals surface area contributed by atoms with Crippen molar-refractivity contribution in [3.63, 3.8) is 0 Å².